The van der Waals surface area contributed by atoms with Gasteiger partial charge in [0.1, 0.15) is 11.3 Å². The fraction of sp³-hybridized carbons (Fsp3) is 0.333. The predicted molar refractivity (Wildman–Crippen MR) is 92.3 cm³/mol. The number of hydrogen-bond acceptors (Lipinski definition) is 3. The molecule has 3 aromatic heterocycles. The van der Waals surface area contributed by atoms with E-state index in [1.54, 1.807) is 17.5 Å². The van der Waals surface area contributed by atoms with Crippen LogP contribution < -0.4 is 0 Å². The molecule has 0 radical (unpaired) electrons. The van der Waals surface area contributed by atoms with Gasteiger partial charge in [-0.3, -0.25) is 0 Å². The second kappa shape index (κ2) is 6.07. The van der Waals surface area contributed by atoms with Crippen LogP contribution in [0.2, 0.25) is 0 Å². The van der Waals surface area contributed by atoms with E-state index in [-0.39, 0.29) is 5.38 Å². The maximum absolute atomic E-state index is 6.31. The van der Waals surface area contributed by atoms with Gasteiger partial charge in [-0.25, -0.2) is 9.97 Å². The molecular formula is C15H15BrClN3S. The molecule has 0 aromatic carbocycles. The summed E-state index contributed by atoms with van der Waals surface area (Å²) in [7, 11) is 0. The van der Waals surface area contributed by atoms with Gasteiger partial charge >= 0.3 is 0 Å². The van der Waals surface area contributed by atoms with Crippen LogP contribution in [0.3, 0.4) is 0 Å². The van der Waals surface area contributed by atoms with Crippen LogP contribution in [0.1, 0.15) is 35.5 Å². The number of imidazole rings is 1. The number of aromatic nitrogens is 3. The third-order valence-electron chi connectivity index (χ3n) is 3.46. The maximum Gasteiger partial charge on any atom is 0.160 e. The van der Waals surface area contributed by atoms with Crippen molar-refractivity contribution in [2.24, 2.45) is 0 Å². The number of fused-ring (bicyclic) bond motifs is 1. The first kappa shape index (κ1) is 15.0. The highest BCUT2D eigenvalue weighted by atomic mass is 79.9. The minimum Gasteiger partial charge on any atom is -0.306 e. The lowest BCUT2D eigenvalue weighted by Crippen LogP contribution is -2.06. The second-order valence-electron chi connectivity index (χ2n) is 4.89. The predicted octanol–water partition coefficient (Wildman–Crippen LogP) is 5.17. The Balaban J connectivity index is 2.13. The third-order valence-corrected chi connectivity index (χ3v) is 5.03. The summed E-state index contributed by atoms with van der Waals surface area (Å²) in [5, 5.41) is 1.99. The van der Waals surface area contributed by atoms with Gasteiger partial charge in [0, 0.05) is 15.5 Å². The lowest BCUT2D eigenvalue weighted by atomic mass is 10.2. The summed E-state index contributed by atoms with van der Waals surface area (Å²) in [5.41, 5.74) is 3.14. The smallest absolute Gasteiger partial charge is 0.160 e. The summed E-state index contributed by atoms with van der Waals surface area (Å²) in [4.78, 5) is 10.5. The Morgan fingerprint density at radius 2 is 2.29 bits per heavy atom. The van der Waals surface area contributed by atoms with Crippen LogP contribution in [0.25, 0.3) is 11.2 Å². The Morgan fingerprint density at radius 3 is 3.00 bits per heavy atom. The van der Waals surface area contributed by atoms with Crippen molar-refractivity contribution in [3.05, 3.63) is 44.4 Å². The van der Waals surface area contributed by atoms with Crippen molar-refractivity contribution in [1.29, 1.82) is 0 Å². The SMILES string of the molecule is CCc1ccsc1Cn1c(C(C)Cl)nc2cc(Br)cnc21. The van der Waals surface area contributed by atoms with Gasteiger partial charge in [-0.2, -0.15) is 0 Å². The van der Waals surface area contributed by atoms with Gasteiger partial charge in [-0.05, 0) is 52.4 Å². The van der Waals surface area contributed by atoms with E-state index in [4.69, 9.17) is 11.6 Å². The van der Waals surface area contributed by atoms with Gasteiger partial charge in [-0.15, -0.1) is 22.9 Å². The van der Waals surface area contributed by atoms with Crippen molar-refractivity contribution in [3.8, 4) is 0 Å². The Bertz CT molecular complexity index is 778. The monoisotopic (exact) mass is 383 g/mol. The standard InChI is InChI=1S/C15H15BrClN3S/c1-3-10-4-5-21-13(10)8-20-14(9(2)17)19-12-6-11(16)7-18-15(12)20/h4-7,9H,3,8H2,1-2H3. The molecule has 3 heterocycles. The summed E-state index contributed by atoms with van der Waals surface area (Å²) in [5.74, 6) is 0.868. The van der Waals surface area contributed by atoms with Crippen molar-refractivity contribution in [3.63, 3.8) is 0 Å². The largest absolute Gasteiger partial charge is 0.306 e. The lowest BCUT2D eigenvalue weighted by molar-refractivity contribution is 0.739. The summed E-state index contributed by atoms with van der Waals surface area (Å²) >= 11 is 11.5. The zero-order valence-corrected chi connectivity index (χ0v) is 15.0. The van der Waals surface area contributed by atoms with Crippen LogP contribution >= 0.6 is 38.9 Å². The van der Waals surface area contributed by atoms with Crippen molar-refractivity contribution < 1.29 is 0 Å². The molecule has 0 spiro atoms. The van der Waals surface area contributed by atoms with Gasteiger partial charge in [-0.1, -0.05) is 6.92 Å². The first-order valence-corrected chi connectivity index (χ1v) is 8.92. The summed E-state index contributed by atoms with van der Waals surface area (Å²) in [6, 6.07) is 4.17. The van der Waals surface area contributed by atoms with Gasteiger partial charge in [0.15, 0.2) is 5.65 Å². The normalized spacial score (nSPS) is 13.0. The number of pyridine rings is 1. The molecule has 3 rings (SSSR count). The van der Waals surface area contributed by atoms with Crippen molar-refractivity contribution >= 4 is 50.0 Å². The van der Waals surface area contributed by atoms with E-state index in [9.17, 15) is 0 Å². The van der Waals surface area contributed by atoms with E-state index in [0.29, 0.717) is 0 Å². The molecule has 0 fully saturated rings. The third kappa shape index (κ3) is 2.87. The average Bonchev–Trinajstić information content (AvgIpc) is 3.03. The van der Waals surface area contributed by atoms with E-state index in [1.807, 2.05) is 13.0 Å². The van der Waals surface area contributed by atoms with Crippen molar-refractivity contribution in [2.45, 2.75) is 32.2 Å². The Hall–Kier alpha value is -0.910. The second-order valence-corrected chi connectivity index (χ2v) is 7.46. The zero-order valence-electron chi connectivity index (χ0n) is 11.8. The molecule has 6 heteroatoms. The number of aryl methyl sites for hydroxylation is 1. The van der Waals surface area contributed by atoms with Crippen LogP contribution in [-0.2, 0) is 13.0 Å². The molecule has 0 N–H and O–H groups in total. The van der Waals surface area contributed by atoms with Crippen molar-refractivity contribution in [2.75, 3.05) is 0 Å². The molecular weight excluding hydrogens is 370 g/mol. The highest BCUT2D eigenvalue weighted by Crippen LogP contribution is 2.28. The number of hydrogen-bond donors (Lipinski definition) is 0. The lowest BCUT2D eigenvalue weighted by Gasteiger charge is -2.10. The molecule has 0 amide bonds. The minimum atomic E-state index is -0.150. The van der Waals surface area contributed by atoms with Gasteiger partial charge in [0.05, 0.1) is 11.9 Å². The first-order chi connectivity index (χ1) is 10.1. The van der Waals surface area contributed by atoms with Gasteiger partial charge in [0.25, 0.3) is 0 Å². The highest BCUT2D eigenvalue weighted by Gasteiger charge is 2.17. The van der Waals surface area contributed by atoms with Crippen LogP contribution in [-0.4, -0.2) is 14.5 Å². The van der Waals surface area contributed by atoms with Gasteiger partial charge in [0.2, 0.25) is 0 Å². The number of alkyl halides is 1. The fourth-order valence-electron chi connectivity index (χ4n) is 2.43. The number of halogens is 2. The van der Waals surface area contributed by atoms with Crippen LogP contribution in [0.15, 0.2) is 28.2 Å². The number of nitrogens with zero attached hydrogens (tertiary/aromatic N) is 3. The van der Waals surface area contributed by atoms with E-state index in [0.717, 1.165) is 34.4 Å². The number of thiophene rings is 1. The molecule has 1 unspecified atom stereocenters. The zero-order chi connectivity index (χ0) is 15.0. The molecule has 0 saturated carbocycles. The summed E-state index contributed by atoms with van der Waals surface area (Å²) in [6.45, 7) is 4.90. The van der Waals surface area contributed by atoms with E-state index in [1.165, 1.54) is 10.4 Å². The fourth-order valence-corrected chi connectivity index (χ4v) is 3.88. The molecule has 3 nitrogen and oxygen atoms in total. The molecule has 0 aliphatic heterocycles. The van der Waals surface area contributed by atoms with Crippen LogP contribution in [0.5, 0.6) is 0 Å². The van der Waals surface area contributed by atoms with Crippen LogP contribution in [0.4, 0.5) is 0 Å². The molecule has 0 aliphatic carbocycles. The van der Waals surface area contributed by atoms with Gasteiger partial charge < -0.3 is 4.57 Å². The average molecular weight is 385 g/mol. The molecule has 3 aromatic rings. The topological polar surface area (TPSA) is 30.7 Å². The van der Waals surface area contributed by atoms with Crippen molar-refractivity contribution in [1.82, 2.24) is 14.5 Å². The maximum atomic E-state index is 6.31. The molecule has 21 heavy (non-hydrogen) atoms. The Labute approximate surface area is 141 Å². The highest BCUT2D eigenvalue weighted by molar-refractivity contribution is 9.10. The van der Waals surface area contributed by atoms with Crippen LogP contribution in [0, 0.1) is 0 Å². The Morgan fingerprint density at radius 1 is 1.48 bits per heavy atom. The number of rotatable bonds is 4. The quantitative estimate of drug-likeness (QED) is 0.581. The summed E-state index contributed by atoms with van der Waals surface area (Å²) in [6.07, 6.45) is 2.84. The summed E-state index contributed by atoms with van der Waals surface area (Å²) < 4.78 is 3.06. The molecule has 0 aliphatic rings. The molecule has 1 atom stereocenters. The van der Waals surface area contributed by atoms with E-state index >= 15 is 0 Å². The minimum absolute atomic E-state index is 0.150. The Kier molecular flexibility index (Phi) is 4.33. The van der Waals surface area contributed by atoms with E-state index in [2.05, 4.69) is 48.8 Å². The van der Waals surface area contributed by atoms with E-state index < -0.39 is 0 Å². The molecule has 0 bridgehead atoms. The molecule has 0 saturated heterocycles. The molecule has 110 valence electrons. The first-order valence-electron chi connectivity index (χ1n) is 6.81.